The fraction of sp³-hybridized carbons (Fsp3) is 0.500. The Hall–Kier alpha value is 0.840. The first kappa shape index (κ1) is 9.92. The molecule has 7 heteroatoms. The first-order chi connectivity index (χ1) is 5.38. The van der Waals surface area contributed by atoms with Crippen molar-refractivity contribution >= 4 is 58.3 Å². The summed E-state index contributed by atoms with van der Waals surface area (Å²) in [5.41, 5.74) is 0. The predicted molar refractivity (Wildman–Crippen MR) is 53.1 cm³/mol. The summed E-state index contributed by atoms with van der Waals surface area (Å²) in [6.07, 6.45) is 0. The molecule has 0 spiro atoms. The third kappa shape index (κ3) is 2.99. The molecule has 0 fully saturated rings. The fourth-order valence-corrected chi connectivity index (χ4v) is 3.36. The van der Waals surface area contributed by atoms with Crippen molar-refractivity contribution in [2.24, 2.45) is 0 Å². The molecule has 62 valence electrons. The van der Waals surface area contributed by atoms with Gasteiger partial charge in [-0.3, -0.25) is 0 Å². The Morgan fingerprint density at radius 1 is 1.27 bits per heavy atom. The first-order valence-corrected chi connectivity index (χ1v) is 6.39. The lowest BCUT2D eigenvalue weighted by Crippen LogP contribution is -1.73. The zero-order valence-corrected chi connectivity index (χ0v) is 9.25. The van der Waals surface area contributed by atoms with Gasteiger partial charge in [0.2, 0.25) is 0 Å². The molecule has 0 atom stereocenters. The average molecular weight is 247 g/mol. The monoisotopic (exact) mass is 246 g/mol. The average Bonchev–Trinajstić information content (AvgIpc) is 2.39. The van der Waals surface area contributed by atoms with Crippen molar-refractivity contribution in [2.45, 2.75) is 9.24 Å². The zero-order chi connectivity index (χ0) is 8.10. The van der Waals surface area contributed by atoms with Crippen LogP contribution in [0.25, 0.3) is 0 Å². The van der Waals surface area contributed by atoms with Gasteiger partial charge in [-0.05, 0) is 11.5 Å². The lowest BCUT2D eigenvalue weighted by atomic mass is 11.0. The van der Waals surface area contributed by atoms with Crippen LogP contribution in [0.4, 0.5) is 0 Å². The lowest BCUT2D eigenvalue weighted by molar-refractivity contribution is 1.00. The summed E-state index contributed by atoms with van der Waals surface area (Å²) in [5, 5.41) is 5.81. The van der Waals surface area contributed by atoms with Crippen LogP contribution in [0.5, 0.6) is 0 Å². The second-order valence-electron chi connectivity index (χ2n) is 1.37. The summed E-state index contributed by atoms with van der Waals surface area (Å²) >= 11 is 15.4. The van der Waals surface area contributed by atoms with Crippen LogP contribution in [-0.4, -0.2) is 20.0 Å². The predicted octanol–water partition coefficient (Wildman–Crippen LogP) is 3.11. The van der Waals surface area contributed by atoms with E-state index in [9.17, 15) is 0 Å². The molecule has 0 aliphatic heterocycles. The van der Waals surface area contributed by atoms with E-state index in [1.54, 1.807) is 0 Å². The Labute approximate surface area is 87.2 Å². The number of rotatable bonds is 4. The highest BCUT2D eigenvalue weighted by Crippen LogP contribution is 2.32. The minimum absolute atomic E-state index is 0.501. The van der Waals surface area contributed by atoms with Crippen LogP contribution < -0.4 is 0 Å². The number of nitrogens with zero attached hydrogens (tertiary/aromatic N) is 2. The lowest BCUT2D eigenvalue weighted by Gasteiger charge is -1.92. The van der Waals surface area contributed by atoms with Crippen molar-refractivity contribution in [3.8, 4) is 0 Å². The summed E-state index contributed by atoms with van der Waals surface area (Å²) in [5.74, 6) is 0. The van der Waals surface area contributed by atoms with E-state index in [0.29, 0.717) is 10.4 Å². The van der Waals surface area contributed by atoms with E-state index in [4.69, 9.17) is 23.2 Å². The van der Waals surface area contributed by atoms with Gasteiger partial charge in [0, 0.05) is 0 Å². The van der Waals surface area contributed by atoms with Crippen LogP contribution in [0.1, 0.15) is 0 Å². The third-order valence-corrected chi connectivity index (χ3v) is 4.05. The molecule has 0 saturated carbocycles. The topological polar surface area (TPSA) is 25.8 Å². The van der Waals surface area contributed by atoms with E-state index in [2.05, 4.69) is 9.59 Å². The summed E-state index contributed by atoms with van der Waals surface area (Å²) in [6.45, 7) is 0. The van der Waals surface area contributed by atoms with E-state index in [1.807, 2.05) is 0 Å². The zero-order valence-electron chi connectivity index (χ0n) is 5.29. The second kappa shape index (κ2) is 5.48. The van der Waals surface area contributed by atoms with Gasteiger partial charge in [0.1, 0.15) is 9.24 Å². The van der Waals surface area contributed by atoms with Crippen LogP contribution in [0, 0.1) is 0 Å². The van der Waals surface area contributed by atoms with Crippen molar-refractivity contribution in [1.29, 1.82) is 0 Å². The second-order valence-corrected chi connectivity index (χ2v) is 5.50. The Morgan fingerprint density at radius 2 is 2.00 bits per heavy atom. The molecule has 0 radical (unpaired) electrons. The van der Waals surface area contributed by atoms with Gasteiger partial charge in [-0.2, -0.15) is 0 Å². The number of thioether (sulfide) groups is 2. The van der Waals surface area contributed by atoms with E-state index in [1.165, 1.54) is 35.1 Å². The molecule has 0 aliphatic rings. The van der Waals surface area contributed by atoms with Crippen LogP contribution in [0.3, 0.4) is 0 Å². The van der Waals surface area contributed by atoms with E-state index < -0.39 is 0 Å². The Bertz CT molecular complexity index is 196. The number of hydrogen-bond donors (Lipinski definition) is 0. The van der Waals surface area contributed by atoms with E-state index in [-0.39, 0.29) is 0 Å². The van der Waals surface area contributed by atoms with Crippen LogP contribution >= 0.6 is 58.3 Å². The van der Waals surface area contributed by atoms with Gasteiger partial charge in [-0.25, -0.2) is 0 Å². The quantitative estimate of drug-likeness (QED) is 0.603. The standard InChI is InChI=1S/C4H4Cl2N2S3/c5-1-9-3-4(10-2-6)11-8-7-3/h1-2H2. The van der Waals surface area contributed by atoms with Gasteiger partial charge in [-0.15, -0.1) is 28.3 Å². The minimum Gasteiger partial charge on any atom is -0.130 e. The molecule has 1 aromatic rings. The summed E-state index contributed by atoms with van der Waals surface area (Å²) < 4.78 is 4.84. The number of halogens is 2. The molecule has 2 nitrogen and oxygen atoms in total. The fourth-order valence-electron chi connectivity index (χ4n) is 0.452. The highest BCUT2D eigenvalue weighted by atomic mass is 35.5. The van der Waals surface area contributed by atoms with Gasteiger partial charge < -0.3 is 0 Å². The van der Waals surface area contributed by atoms with Gasteiger partial charge in [0.05, 0.1) is 10.4 Å². The highest BCUT2D eigenvalue weighted by molar-refractivity contribution is 8.04. The number of alkyl halides is 2. The molecule has 11 heavy (non-hydrogen) atoms. The first-order valence-electron chi connectivity index (χ1n) is 2.58. The molecule has 0 aromatic carbocycles. The molecule has 0 N–H and O–H groups in total. The normalized spacial score (nSPS) is 10.4. The SMILES string of the molecule is ClCSc1nnsc1SCCl. The van der Waals surface area contributed by atoms with Crippen molar-refractivity contribution < 1.29 is 0 Å². The summed E-state index contributed by atoms with van der Waals surface area (Å²) in [7, 11) is 0. The van der Waals surface area contributed by atoms with Crippen molar-refractivity contribution in [3.05, 3.63) is 0 Å². The van der Waals surface area contributed by atoms with Crippen LogP contribution in [0.2, 0.25) is 0 Å². The molecule has 0 bridgehead atoms. The molecular weight excluding hydrogens is 243 g/mol. The minimum atomic E-state index is 0.501. The molecular formula is C4H4Cl2N2S3. The highest BCUT2D eigenvalue weighted by Gasteiger charge is 2.07. The third-order valence-electron chi connectivity index (χ3n) is 0.807. The largest absolute Gasteiger partial charge is 0.146 e. The molecule has 0 aliphatic carbocycles. The maximum atomic E-state index is 5.54. The van der Waals surface area contributed by atoms with Gasteiger partial charge in [-0.1, -0.05) is 28.0 Å². The van der Waals surface area contributed by atoms with Crippen LogP contribution in [0.15, 0.2) is 9.24 Å². The van der Waals surface area contributed by atoms with Crippen molar-refractivity contribution in [3.63, 3.8) is 0 Å². The molecule has 1 rings (SSSR count). The molecule has 0 amide bonds. The molecule has 1 aromatic heterocycles. The van der Waals surface area contributed by atoms with Crippen molar-refractivity contribution in [2.75, 3.05) is 10.4 Å². The smallest absolute Gasteiger partial charge is 0.130 e. The number of aromatic nitrogens is 2. The van der Waals surface area contributed by atoms with Gasteiger partial charge >= 0.3 is 0 Å². The molecule has 1 heterocycles. The van der Waals surface area contributed by atoms with E-state index >= 15 is 0 Å². The Morgan fingerprint density at radius 3 is 2.64 bits per heavy atom. The molecule has 0 unspecified atom stereocenters. The maximum absolute atomic E-state index is 5.54. The number of hydrogen-bond acceptors (Lipinski definition) is 5. The Balaban J connectivity index is 2.62. The Kier molecular flexibility index (Phi) is 4.94. The molecule has 0 saturated heterocycles. The van der Waals surface area contributed by atoms with E-state index in [0.717, 1.165) is 9.24 Å². The summed E-state index contributed by atoms with van der Waals surface area (Å²) in [4.78, 5) is 0. The van der Waals surface area contributed by atoms with Crippen molar-refractivity contribution in [1.82, 2.24) is 9.59 Å². The summed E-state index contributed by atoms with van der Waals surface area (Å²) in [6, 6.07) is 0. The maximum Gasteiger partial charge on any atom is 0.146 e. The van der Waals surface area contributed by atoms with Crippen LogP contribution in [-0.2, 0) is 0 Å². The van der Waals surface area contributed by atoms with Gasteiger partial charge in [0.25, 0.3) is 0 Å². The van der Waals surface area contributed by atoms with Gasteiger partial charge in [0.15, 0.2) is 0 Å².